The number of nitrogens with one attached hydrogen (secondary N) is 2. The van der Waals surface area contributed by atoms with Gasteiger partial charge in [0.05, 0.1) is 13.5 Å². The lowest BCUT2D eigenvalue weighted by atomic mass is 9.95. The van der Waals surface area contributed by atoms with Gasteiger partial charge in [0, 0.05) is 25.2 Å². The van der Waals surface area contributed by atoms with Gasteiger partial charge in [-0.05, 0) is 60.9 Å². The van der Waals surface area contributed by atoms with Crippen LogP contribution in [0.4, 0.5) is 4.39 Å². The van der Waals surface area contributed by atoms with E-state index in [0.717, 1.165) is 30.4 Å². The molecule has 1 saturated carbocycles. The lowest BCUT2D eigenvalue weighted by Gasteiger charge is -2.21. The molecule has 6 heteroatoms. The van der Waals surface area contributed by atoms with Gasteiger partial charge >= 0.3 is 0 Å². The highest BCUT2D eigenvalue weighted by molar-refractivity contribution is 5.78. The van der Waals surface area contributed by atoms with Crippen LogP contribution in [0.2, 0.25) is 0 Å². The van der Waals surface area contributed by atoms with Crippen molar-refractivity contribution >= 4 is 5.91 Å². The summed E-state index contributed by atoms with van der Waals surface area (Å²) in [7, 11) is 1.49. The molecule has 0 aliphatic heterocycles. The zero-order valence-corrected chi connectivity index (χ0v) is 17.8. The number of benzene rings is 2. The molecule has 0 aromatic heterocycles. The summed E-state index contributed by atoms with van der Waals surface area (Å²) in [5, 5.41) is 6.48. The van der Waals surface area contributed by atoms with E-state index in [-0.39, 0.29) is 23.5 Å². The van der Waals surface area contributed by atoms with Crippen molar-refractivity contribution in [3.05, 3.63) is 65.0 Å². The van der Waals surface area contributed by atoms with Gasteiger partial charge in [0.1, 0.15) is 0 Å². The van der Waals surface area contributed by atoms with Crippen molar-refractivity contribution in [2.24, 2.45) is 5.73 Å². The Morgan fingerprint density at radius 1 is 1.23 bits per heavy atom. The average Bonchev–Trinajstić information content (AvgIpc) is 3.21. The van der Waals surface area contributed by atoms with Gasteiger partial charge in [0.25, 0.3) is 0 Å². The number of methoxy groups -OCH3 is 1. The van der Waals surface area contributed by atoms with Crippen LogP contribution in [0.1, 0.15) is 54.8 Å². The first-order chi connectivity index (χ1) is 14.5. The largest absolute Gasteiger partial charge is 0.494 e. The van der Waals surface area contributed by atoms with Crippen LogP contribution < -0.4 is 21.1 Å². The highest BCUT2D eigenvalue weighted by Gasteiger charge is 2.27. The van der Waals surface area contributed by atoms with Crippen molar-refractivity contribution in [3.8, 4) is 5.75 Å². The fourth-order valence-corrected chi connectivity index (χ4v) is 4.20. The summed E-state index contributed by atoms with van der Waals surface area (Å²) in [6, 6.07) is 14.0. The number of rotatable bonds is 9. The predicted molar refractivity (Wildman–Crippen MR) is 117 cm³/mol. The molecule has 3 unspecified atom stereocenters. The summed E-state index contributed by atoms with van der Waals surface area (Å²) in [4.78, 5) is 11.8. The number of carbonyl (C=O) groups is 1. The molecule has 3 rings (SSSR count). The highest BCUT2D eigenvalue weighted by atomic mass is 19.1. The smallest absolute Gasteiger partial charge is 0.224 e. The van der Waals surface area contributed by atoms with Crippen molar-refractivity contribution in [1.29, 1.82) is 0 Å². The van der Waals surface area contributed by atoms with E-state index in [4.69, 9.17) is 10.5 Å². The first-order valence-corrected chi connectivity index (χ1v) is 10.6. The summed E-state index contributed by atoms with van der Waals surface area (Å²) < 4.78 is 18.8. The van der Waals surface area contributed by atoms with E-state index in [1.165, 1.54) is 18.7 Å². The molecule has 0 heterocycles. The maximum Gasteiger partial charge on any atom is 0.224 e. The molecule has 4 N–H and O–H groups in total. The second-order valence-corrected chi connectivity index (χ2v) is 8.05. The summed E-state index contributed by atoms with van der Waals surface area (Å²) in [6.45, 7) is 3.07. The van der Waals surface area contributed by atoms with Crippen LogP contribution in [0.3, 0.4) is 0 Å². The molecule has 3 atom stereocenters. The number of nitrogens with two attached hydrogens (primary N) is 1. The zero-order valence-electron chi connectivity index (χ0n) is 17.8. The van der Waals surface area contributed by atoms with Gasteiger partial charge < -0.3 is 21.1 Å². The van der Waals surface area contributed by atoms with E-state index in [0.29, 0.717) is 31.5 Å². The topological polar surface area (TPSA) is 76.4 Å². The number of amides is 1. The molecule has 1 aliphatic rings. The molecule has 1 amide bonds. The minimum absolute atomic E-state index is 0.00439. The Hall–Kier alpha value is -2.44. The van der Waals surface area contributed by atoms with Crippen LogP contribution in [-0.2, 0) is 11.2 Å². The van der Waals surface area contributed by atoms with Crippen LogP contribution in [0, 0.1) is 5.82 Å². The Kier molecular flexibility index (Phi) is 7.82. The van der Waals surface area contributed by atoms with E-state index in [1.807, 2.05) is 18.2 Å². The van der Waals surface area contributed by atoms with Crippen LogP contribution >= 0.6 is 0 Å². The Bertz CT molecular complexity index is 841. The minimum atomic E-state index is -0.338. The predicted octanol–water partition coefficient (Wildman–Crippen LogP) is 3.44. The maximum atomic E-state index is 13.7. The molecule has 5 nitrogen and oxygen atoms in total. The average molecular weight is 414 g/mol. The summed E-state index contributed by atoms with van der Waals surface area (Å²) in [5.74, 6) is 0.458. The van der Waals surface area contributed by atoms with Gasteiger partial charge in [0.2, 0.25) is 5.91 Å². The normalized spacial score (nSPS) is 19.5. The van der Waals surface area contributed by atoms with E-state index < -0.39 is 0 Å². The second-order valence-electron chi connectivity index (χ2n) is 8.05. The van der Waals surface area contributed by atoms with Crippen molar-refractivity contribution in [1.82, 2.24) is 10.6 Å². The zero-order chi connectivity index (χ0) is 21.5. The van der Waals surface area contributed by atoms with E-state index in [9.17, 15) is 9.18 Å². The second kappa shape index (κ2) is 10.5. The summed E-state index contributed by atoms with van der Waals surface area (Å²) in [6.07, 6.45) is 3.69. The van der Waals surface area contributed by atoms with E-state index >= 15 is 0 Å². The Balaban J connectivity index is 1.53. The van der Waals surface area contributed by atoms with Crippen LogP contribution in [0.5, 0.6) is 5.75 Å². The third kappa shape index (κ3) is 5.80. The van der Waals surface area contributed by atoms with Crippen LogP contribution in [-0.4, -0.2) is 32.1 Å². The molecular formula is C24H32FN3O2. The maximum absolute atomic E-state index is 13.7. The minimum Gasteiger partial charge on any atom is -0.494 e. The molecule has 1 fully saturated rings. The lowest BCUT2D eigenvalue weighted by molar-refractivity contribution is -0.120. The van der Waals surface area contributed by atoms with Crippen molar-refractivity contribution < 1.29 is 13.9 Å². The quantitative estimate of drug-likeness (QED) is 0.589. The molecule has 0 spiro atoms. The fraction of sp³-hybridized carbons (Fsp3) is 0.458. The van der Waals surface area contributed by atoms with Gasteiger partial charge in [-0.25, -0.2) is 4.39 Å². The van der Waals surface area contributed by atoms with Gasteiger partial charge in [0.15, 0.2) is 11.6 Å². The summed E-state index contributed by atoms with van der Waals surface area (Å²) >= 11 is 0. The number of halogens is 1. The molecule has 2 aromatic carbocycles. The monoisotopic (exact) mass is 413 g/mol. The molecule has 30 heavy (non-hydrogen) atoms. The number of ether oxygens (including phenoxy) is 1. The molecular weight excluding hydrogens is 381 g/mol. The van der Waals surface area contributed by atoms with E-state index in [1.54, 1.807) is 6.07 Å². The number of carbonyl (C=O) groups excluding carboxylic acids is 1. The first kappa shape index (κ1) is 22.2. The van der Waals surface area contributed by atoms with Gasteiger partial charge in [-0.15, -0.1) is 0 Å². The van der Waals surface area contributed by atoms with E-state index in [2.05, 4.69) is 29.7 Å². The van der Waals surface area contributed by atoms with Crippen LogP contribution in [0.25, 0.3) is 0 Å². The van der Waals surface area contributed by atoms with Gasteiger partial charge in [-0.3, -0.25) is 4.79 Å². The molecule has 2 aromatic rings. The molecule has 162 valence electrons. The Morgan fingerprint density at radius 2 is 2.00 bits per heavy atom. The molecule has 0 radical (unpaired) electrons. The third-order valence-corrected chi connectivity index (χ3v) is 5.88. The molecule has 0 saturated heterocycles. The number of hydrogen-bond donors (Lipinski definition) is 3. The summed E-state index contributed by atoms with van der Waals surface area (Å²) in [5.41, 5.74) is 8.77. The standard InChI is InChI=1S/C24H32FN3O2/c1-16(19-8-10-22(25)23(15-19)30-2)28-21-9-7-20(14-21)18-5-3-17(4-6-18)13-24(29)27-12-11-26/h3-6,8,10,15-16,20-21,28H,7,9,11-14,26H2,1-2H3,(H,27,29). The SMILES string of the molecule is COc1cc(C(C)NC2CCC(c3ccc(CC(=O)NCCN)cc3)C2)ccc1F. The highest BCUT2D eigenvalue weighted by Crippen LogP contribution is 2.36. The lowest BCUT2D eigenvalue weighted by Crippen LogP contribution is -2.30. The fourth-order valence-electron chi connectivity index (χ4n) is 4.20. The van der Waals surface area contributed by atoms with Gasteiger partial charge in [-0.1, -0.05) is 30.3 Å². The van der Waals surface area contributed by atoms with Gasteiger partial charge in [-0.2, -0.15) is 0 Å². The first-order valence-electron chi connectivity index (χ1n) is 10.6. The van der Waals surface area contributed by atoms with Crippen LogP contribution in [0.15, 0.2) is 42.5 Å². The third-order valence-electron chi connectivity index (χ3n) is 5.88. The molecule has 0 bridgehead atoms. The van der Waals surface area contributed by atoms with Crippen molar-refractivity contribution in [2.45, 2.75) is 50.6 Å². The Morgan fingerprint density at radius 3 is 2.70 bits per heavy atom. The van der Waals surface area contributed by atoms with Crippen molar-refractivity contribution in [3.63, 3.8) is 0 Å². The van der Waals surface area contributed by atoms with Crippen molar-refractivity contribution in [2.75, 3.05) is 20.2 Å². The Labute approximate surface area is 178 Å². The number of hydrogen-bond acceptors (Lipinski definition) is 4. The molecule has 1 aliphatic carbocycles.